The summed E-state index contributed by atoms with van der Waals surface area (Å²) in [5.41, 5.74) is 0.534. The Kier molecular flexibility index (Phi) is 7.90. The first kappa shape index (κ1) is 30.1. The number of nitrogens with zero attached hydrogens (tertiary/aromatic N) is 1. The smallest absolute Gasteiger partial charge is 0.342 e. The first-order valence-corrected chi connectivity index (χ1v) is 15.0. The zero-order valence-corrected chi connectivity index (χ0v) is 25.3. The second-order valence-electron chi connectivity index (χ2n) is 10.7. The van der Waals surface area contributed by atoms with Gasteiger partial charge in [-0.3, -0.25) is 15.4 Å². The van der Waals surface area contributed by atoms with E-state index in [1.807, 2.05) is 66.7 Å². The van der Waals surface area contributed by atoms with E-state index < -0.39 is 33.9 Å². The number of hydrogen-bond donors (Lipinski definition) is 2. The van der Waals surface area contributed by atoms with Crippen LogP contribution in [0.5, 0.6) is 0 Å². The van der Waals surface area contributed by atoms with Crippen LogP contribution < -0.4 is 5.32 Å². The summed E-state index contributed by atoms with van der Waals surface area (Å²) in [6.07, 6.45) is 0. The van der Waals surface area contributed by atoms with Crippen LogP contribution in [0.15, 0.2) is 103 Å². The third-order valence-electron chi connectivity index (χ3n) is 8.40. The molecule has 4 aromatic carbocycles. The van der Waals surface area contributed by atoms with Gasteiger partial charge in [0.15, 0.2) is 0 Å². The van der Waals surface area contributed by atoms with Crippen molar-refractivity contribution in [3.8, 4) is 0 Å². The highest BCUT2D eigenvalue weighted by Crippen LogP contribution is 2.57. The number of esters is 2. The van der Waals surface area contributed by atoms with Crippen LogP contribution in [0.2, 0.25) is 5.02 Å². The number of nitro groups is 1. The number of nitro benzene ring substituents is 1. The molecular formula is C35H30ClN3O6. The van der Waals surface area contributed by atoms with Gasteiger partial charge in [0.25, 0.3) is 5.69 Å². The second kappa shape index (κ2) is 11.8. The molecule has 6 rings (SSSR count). The number of H-pyrrole nitrogens is 1. The van der Waals surface area contributed by atoms with E-state index >= 15 is 0 Å². The summed E-state index contributed by atoms with van der Waals surface area (Å²) in [5.74, 6) is -1.64. The lowest BCUT2D eigenvalue weighted by Gasteiger charge is -2.51. The fraction of sp³-hybridized carbons (Fsp3) is 0.200. The molecule has 0 bridgehead atoms. The summed E-state index contributed by atoms with van der Waals surface area (Å²) in [6, 6.07) is 29.8. The third-order valence-corrected chi connectivity index (χ3v) is 8.65. The molecule has 0 amide bonds. The van der Waals surface area contributed by atoms with E-state index in [9.17, 15) is 19.7 Å². The minimum absolute atomic E-state index is 0.0164. The molecule has 2 heterocycles. The zero-order valence-electron chi connectivity index (χ0n) is 24.6. The number of fused-ring (bicyclic) bond motifs is 3. The van der Waals surface area contributed by atoms with Crippen molar-refractivity contribution in [1.29, 1.82) is 0 Å². The quantitative estimate of drug-likeness (QED) is 0.0850. The highest BCUT2D eigenvalue weighted by Gasteiger charge is 2.64. The molecule has 2 atom stereocenters. The molecular weight excluding hydrogens is 594 g/mol. The van der Waals surface area contributed by atoms with Crippen molar-refractivity contribution in [1.82, 2.24) is 10.3 Å². The number of carbonyl (C=O) groups is 2. The average molecular weight is 624 g/mol. The van der Waals surface area contributed by atoms with E-state index in [2.05, 4.69) is 10.3 Å². The van der Waals surface area contributed by atoms with Crippen LogP contribution in [0, 0.1) is 10.1 Å². The molecule has 1 aliphatic rings. The SMILES string of the molecule is CCOC(=O)C1(C(=O)OCC)NC(c2ccc([N+](=O)[O-])cc2)C(c2ccccc2)(c2ccc(Cl)cc2)c2[nH]c3ccccc3c21. The van der Waals surface area contributed by atoms with Gasteiger partial charge in [-0.2, -0.15) is 0 Å². The van der Waals surface area contributed by atoms with Gasteiger partial charge in [-0.25, -0.2) is 9.59 Å². The van der Waals surface area contributed by atoms with Gasteiger partial charge in [0, 0.05) is 39.3 Å². The fourth-order valence-corrected chi connectivity index (χ4v) is 6.70. The molecule has 0 saturated heterocycles. The molecule has 9 nitrogen and oxygen atoms in total. The van der Waals surface area contributed by atoms with Crippen molar-refractivity contribution in [3.05, 3.63) is 146 Å². The van der Waals surface area contributed by atoms with Gasteiger partial charge in [0.05, 0.1) is 29.6 Å². The van der Waals surface area contributed by atoms with Crippen molar-refractivity contribution >= 4 is 40.1 Å². The monoisotopic (exact) mass is 623 g/mol. The maximum atomic E-state index is 14.3. The van der Waals surface area contributed by atoms with Gasteiger partial charge in [0.1, 0.15) is 0 Å². The Bertz CT molecular complexity index is 1870. The topological polar surface area (TPSA) is 124 Å². The van der Waals surface area contributed by atoms with E-state index in [-0.39, 0.29) is 18.9 Å². The van der Waals surface area contributed by atoms with E-state index in [0.29, 0.717) is 32.7 Å². The lowest BCUT2D eigenvalue weighted by atomic mass is 9.59. The molecule has 0 radical (unpaired) electrons. The number of halogens is 1. The van der Waals surface area contributed by atoms with Crippen LogP contribution in [0.1, 0.15) is 47.8 Å². The summed E-state index contributed by atoms with van der Waals surface area (Å²) in [7, 11) is 0. The van der Waals surface area contributed by atoms with Gasteiger partial charge in [-0.15, -0.1) is 0 Å². The standard InChI is InChI=1S/C35H30ClN3O6/c1-3-44-32(40)35(33(41)45-4-2)29-27-12-8-9-13-28(27)37-31(29)34(23-10-6-5-7-11-23,24-16-18-25(36)19-17-24)30(38-35)22-14-20-26(21-15-22)39(42)43/h5-21,30,37-38H,3-4H2,1-2H3. The van der Waals surface area contributed by atoms with Crippen LogP contribution in [0.25, 0.3) is 10.9 Å². The fourth-order valence-electron chi connectivity index (χ4n) is 6.58. The van der Waals surface area contributed by atoms with E-state index in [1.165, 1.54) is 12.1 Å². The highest BCUT2D eigenvalue weighted by atomic mass is 35.5. The predicted molar refractivity (Wildman–Crippen MR) is 170 cm³/mol. The zero-order chi connectivity index (χ0) is 31.8. The summed E-state index contributed by atoms with van der Waals surface area (Å²) in [5, 5.41) is 16.3. The first-order valence-electron chi connectivity index (χ1n) is 14.6. The first-order chi connectivity index (χ1) is 21.8. The molecule has 2 unspecified atom stereocenters. The molecule has 45 heavy (non-hydrogen) atoms. The summed E-state index contributed by atoms with van der Waals surface area (Å²) >= 11 is 6.40. The summed E-state index contributed by atoms with van der Waals surface area (Å²) in [4.78, 5) is 43.3. The lowest BCUT2D eigenvalue weighted by Crippen LogP contribution is -2.65. The number of carbonyl (C=O) groups excluding carboxylic acids is 2. The number of aromatic amines is 1. The van der Waals surface area contributed by atoms with Crippen molar-refractivity contribution in [2.24, 2.45) is 0 Å². The number of ether oxygens (including phenoxy) is 2. The molecule has 1 aliphatic heterocycles. The number of benzene rings is 4. The minimum Gasteiger partial charge on any atom is -0.464 e. The molecule has 0 spiro atoms. The van der Waals surface area contributed by atoms with Gasteiger partial charge in [-0.1, -0.05) is 84.4 Å². The summed E-state index contributed by atoms with van der Waals surface area (Å²) in [6.45, 7) is 3.38. The normalized spacial score (nSPS) is 18.6. The van der Waals surface area contributed by atoms with Crippen LogP contribution in [-0.2, 0) is 30.0 Å². The third kappa shape index (κ3) is 4.67. The molecule has 1 aromatic heterocycles. The van der Waals surface area contributed by atoms with Crippen molar-refractivity contribution in [3.63, 3.8) is 0 Å². The van der Waals surface area contributed by atoms with Crippen molar-refractivity contribution in [2.45, 2.75) is 30.8 Å². The van der Waals surface area contributed by atoms with Crippen molar-refractivity contribution < 1.29 is 24.0 Å². The van der Waals surface area contributed by atoms with E-state index in [4.69, 9.17) is 21.1 Å². The van der Waals surface area contributed by atoms with Gasteiger partial charge < -0.3 is 14.5 Å². The number of rotatable bonds is 8. The number of hydrogen-bond acceptors (Lipinski definition) is 7. The Morgan fingerprint density at radius 3 is 2.00 bits per heavy atom. The van der Waals surface area contributed by atoms with Crippen LogP contribution in [0.4, 0.5) is 5.69 Å². The Labute approximate surface area is 264 Å². The Morgan fingerprint density at radius 2 is 1.40 bits per heavy atom. The van der Waals surface area contributed by atoms with E-state index in [0.717, 1.165) is 11.1 Å². The number of para-hydroxylation sites is 1. The molecule has 0 saturated carbocycles. The molecule has 228 valence electrons. The Balaban J connectivity index is 1.83. The molecule has 2 N–H and O–H groups in total. The van der Waals surface area contributed by atoms with Crippen LogP contribution >= 0.6 is 11.6 Å². The number of non-ortho nitro benzene ring substituents is 1. The maximum absolute atomic E-state index is 14.3. The molecule has 5 aromatic rings. The maximum Gasteiger partial charge on any atom is 0.342 e. The summed E-state index contributed by atoms with van der Waals surface area (Å²) < 4.78 is 11.3. The second-order valence-corrected chi connectivity index (χ2v) is 11.2. The minimum atomic E-state index is -2.10. The van der Waals surface area contributed by atoms with Gasteiger partial charge in [0.2, 0.25) is 5.54 Å². The van der Waals surface area contributed by atoms with Crippen molar-refractivity contribution in [2.75, 3.05) is 13.2 Å². The largest absolute Gasteiger partial charge is 0.464 e. The molecule has 0 aliphatic carbocycles. The van der Waals surface area contributed by atoms with Gasteiger partial charge >= 0.3 is 11.9 Å². The lowest BCUT2D eigenvalue weighted by molar-refractivity contribution is -0.384. The van der Waals surface area contributed by atoms with Crippen LogP contribution in [0.3, 0.4) is 0 Å². The highest BCUT2D eigenvalue weighted by molar-refractivity contribution is 6.30. The molecule has 0 fully saturated rings. The van der Waals surface area contributed by atoms with Crippen LogP contribution in [-0.4, -0.2) is 35.1 Å². The number of aromatic nitrogens is 1. The Hall–Kier alpha value is -4.99. The average Bonchev–Trinajstić information content (AvgIpc) is 3.46. The predicted octanol–water partition coefficient (Wildman–Crippen LogP) is 6.73. The van der Waals surface area contributed by atoms with Gasteiger partial charge in [-0.05, 0) is 48.7 Å². The number of nitrogens with one attached hydrogen (secondary N) is 2. The molecule has 10 heteroatoms. The van der Waals surface area contributed by atoms with E-state index in [1.54, 1.807) is 38.1 Å². The Morgan fingerprint density at radius 1 is 0.822 bits per heavy atom.